The Balaban J connectivity index is 2.35. The van der Waals surface area contributed by atoms with Crippen molar-refractivity contribution < 1.29 is 19.1 Å². The molecule has 6 heteroatoms. The third kappa shape index (κ3) is 4.50. The molecule has 0 spiro atoms. The highest BCUT2D eigenvalue weighted by atomic mass is 16.6. The first-order valence-electron chi connectivity index (χ1n) is 5.64. The van der Waals surface area contributed by atoms with Crippen LogP contribution in [-0.4, -0.2) is 48.9 Å². The van der Waals surface area contributed by atoms with E-state index >= 15 is 0 Å². The topological polar surface area (TPSA) is 67.9 Å². The van der Waals surface area contributed by atoms with Gasteiger partial charge in [-0.1, -0.05) is 0 Å². The number of ether oxygens (including phenoxy) is 2. The molecule has 1 N–H and O–H groups in total. The van der Waals surface area contributed by atoms with Crippen LogP contribution in [0.5, 0.6) is 0 Å². The SMILES string of the molecule is COC(=O)N1CC[C@@H](NC(=O)OC(C)(C)C)C1. The summed E-state index contributed by atoms with van der Waals surface area (Å²) < 4.78 is 9.75. The monoisotopic (exact) mass is 244 g/mol. The molecule has 0 bridgehead atoms. The fourth-order valence-corrected chi connectivity index (χ4v) is 1.65. The van der Waals surface area contributed by atoms with Gasteiger partial charge in [0, 0.05) is 13.1 Å². The van der Waals surface area contributed by atoms with Gasteiger partial charge in [-0.15, -0.1) is 0 Å². The lowest BCUT2D eigenvalue weighted by atomic mass is 10.2. The Hall–Kier alpha value is -1.46. The molecule has 0 aliphatic carbocycles. The van der Waals surface area contributed by atoms with Crippen LogP contribution in [0.4, 0.5) is 9.59 Å². The quantitative estimate of drug-likeness (QED) is 0.756. The molecule has 1 fully saturated rings. The maximum Gasteiger partial charge on any atom is 0.409 e. The van der Waals surface area contributed by atoms with Gasteiger partial charge in [-0.2, -0.15) is 0 Å². The van der Waals surface area contributed by atoms with E-state index in [2.05, 4.69) is 10.1 Å². The molecule has 0 unspecified atom stereocenters. The lowest BCUT2D eigenvalue weighted by Gasteiger charge is -2.21. The molecule has 1 atom stereocenters. The maximum atomic E-state index is 11.5. The Morgan fingerprint density at radius 3 is 2.53 bits per heavy atom. The Morgan fingerprint density at radius 1 is 1.35 bits per heavy atom. The van der Waals surface area contributed by atoms with Crippen molar-refractivity contribution in [1.82, 2.24) is 10.2 Å². The van der Waals surface area contributed by atoms with Crippen LogP contribution >= 0.6 is 0 Å². The second-order valence-electron chi connectivity index (χ2n) is 5.05. The zero-order valence-corrected chi connectivity index (χ0v) is 10.8. The summed E-state index contributed by atoms with van der Waals surface area (Å²) >= 11 is 0. The zero-order chi connectivity index (χ0) is 13.1. The highest BCUT2D eigenvalue weighted by Crippen LogP contribution is 2.12. The van der Waals surface area contributed by atoms with Crippen molar-refractivity contribution in [3.63, 3.8) is 0 Å². The predicted octanol–water partition coefficient (Wildman–Crippen LogP) is 1.35. The second-order valence-corrected chi connectivity index (χ2v) is 5.05. The van der Waals surface area contributed by atoms with Crippen LogP contribution in [0.25, 0.3) is 0 Å². The number of hydrogen-bond donors (Lipinski definition) is 1. The van der Waals surface area contributed by atoms with Crippen LogP contribution in [0.1, 0.15) is 27.2 Å². The van der Waals surface area contributed by atoms with Crippen LogP contribution < -0.4 is 5.32 Å². The van der Waals surface area contributed by atoms with Gasteiger partial charge in [-0.05, 0) is 27.2 Å². The number of amides is 2. The maximum absolute atomic E-state index is 11.5. The van der Waals surface area contributed by atoms with Crippen molar-refractivity contribution in [2.75, 3.05) is 20.2 Å². The van der Waals surface area contributed by atoms with Gasteiger partial charge in [-0.3, -0.25) is 0 Å². The summed E-state index contributed by atoms with van der Waals surface area (Å²) in [6, 6.07) is -0.0658. The number of carbonyl (C=O) groups is 2. The van der Waals surface area contributed by atoms with Crippen LogP contribution in [0.15, 0.2) is 0 Å². The molecule has 6 nitrogen and oxygen atoms in total. The minimum Gasteiger partial charge on any atom is -0.453 e. The molecule has 1 rings (SSSR count). The summed E-state index contributed by atoms with van der Waals surface area (Å²) in [7, 11) is 1.34. The van der Waals surface area contributed by atoms with Gasteiger partial charge < -0.3 is 19.7 Å². The van der Waals surface area contributed by atoms with E-state index in [9.17, 15) is 9.59 Å². The summed E-state index contributed by atoms with van der Waals surface area (Å²) in [5.41, 5.74) is -0.509. The number of nitrogens with zero attached hydrogens (tertiary/aromatic N) is 1. The molecule has 17 heavy (non-hydrogen) atoms. The number of nitrogens with one attached hydrogen (secondary N) is 1. The average molecular weight is 244 g/mol. The van der Waals surface area contributed by atoms with E-state index in [4.69, 9.17) is 4.74 Å². The highest BCUT2D eigenvalue weighted by molar-refractivity contribution is 5.70. The molecule has 0 radical (unpaired) electrons. The molecule has 1 heterocycles. The minimum atomic E-state index is -0.509. The fourth-order valence-electron chi connectivity index (χ4n) is 1.65. The van der Waals surface area contributed by atoms with Gasteiger partial charge in [0.05, 0.1) is 13.2 Å². The molecule has 0 aromatic heterocycles. The number of methoxy groups -OCH3 is 1. The molecule has 2 amide bonds. The first-order chi connectivity index (χ1) is 7.81. The largest absolute Gasteiger partial charge is 0.453 e. The summed E-state index contributed by atoms with van der Waals surface area (Å²) in [6.45, 7) is 6.48. The van der Waals surface area contributed by atoms with Crippen LogP contribution in [0.3, 0.4) is 0 Å². The van der Waals surface area contributed by atoms with Crippen molar-refractivity contribution in [2.45, 2.75) is 38.8 Å². The van der Waals surface area contributed by atoms with Crippen molar-refractivity contribution in [2.24, 2.45) is 0 Å². The van der Waals surface area contributed by atoms with Crippen molar-refractivity contribution in [3.05, 3.63) is 0 Å². The summed E-state index contributed by atoms with van der Waals surface area (Å²) in [5.74, 6) is 0. The van der Waals surface area contributed by atoms with E-state index in [1.54, 1.807) is 4.90 Å². The zero-order valence-electron chi connectivity index (χ0n) is 10.8. The minimum absolute atomic E-state index is 0.0658. The Morgan fingerprint density at radius 2 is 2.00 bits per heavy atom. The molecule has 0 aromatic rings. The van der Waals surface area contributed by atoms with Crippen molar-refractivity contribution >= 4 is 12.2 Å². The molecule has 0 aromatic carbocycles. The standard InChI is InChI=1S/C11H20N2O4/c1-11(2,3)17-9(14)12-8-5-6-13(7-8)10(15)16-4/h8H,5-7H2,1-4H3,(H,12,14)/t8-/m1/s1. The Labute approximate surface area is 101 Å². The Bertz CT molecular complexity index is 298. The molecule has 0 saturated carbocycles. The average Bonchev–Trinajstić information content (AvgIpc) is 2.62. The third-order valence-corrected chi connectivity index (χ3v) is 2.34. The summed E-state index contributed by atoms with van der Waals surface area (Å²) in [5, 5.41) is 2.73. The van der Waals surface area contributed by atoms with Crippen LogP contribution in [-0.2, 0) is 9.47 Å². The van der Waals surface area contributed by atoms with E-state index < -0.39 is 11.7 Å². The number of likely N-dealkylation sites (tertiary alicyclic amines) is 1. The fraction of sp³-hybridized carbons (Fsp3) is 0.818. The van der Waals surface area contributed by atoms with Crippen LogP contribution in [0.2, 0.25) is 0 Å². The molecular formula is C11H20N2O4. The predicted molar refractivity (Wildman–Crippen MR) is 61.8 cm³/mol. The van der Waals surface area contributed by atoms with E-state index in [0.717, 1.165) is 0 Å². The second kappa shape index (κ2) is 5.25. The van der Waals surface area contributed by atoms with E-state index in [0.29, 0.717) is 19.5 Å². The van der Waals surface area contributed by atoms with Gasteiger partial charge in [0.25, 0.3) is 0 Å². The number of alkyl carbamates (subject to hydrolysis) is 1. The van der Waals surface area contributed by atoms with Crippen LogP contribution in [0, 0.1) is 0 Å². The van der Waals surface area contributed by atoms with Gasteiger partial charge in [0.1, 0.15) is 5.60 Å². The third-order valence-electron chi connectivity index (χ3n) is 2.34. The van der Waals surface area contributed by atoms with E-state index in [1.807, 2.05) is 20.8 Å². The molecular weight excluding hydrogens is 224 g/mol. The van der Waals surface area contributed by atoms with E-state index in [-0.39, 0.29) is 12.1 Å². The lowest BCUT2D eigenvalue weighted by molar-refractivity contribution is 0.0504. The smallest absolute Gasteiger partial charge is 0.409 e. The first kappa shape index (κ1) is 13.6. The summed E-state index contributed by atoms with van der Waals surface area (Å²) in [4.78, 5) is 24.3. The molecule has 98 valence electrons. The Kier molecular flexibility index (Phi) is 4.20. The lowest BCUT2D eigenvalue weighted by Crippen LogP contribution is -2.41. The van der Waals surface area contributed by atoms with Gasteiger partial charge in [0.15, 0.2) is 0 Å². The van der Waals surface area contributed by atoms with Gasteiger partial charge in [-0.25, -0.2) is 9.59 Å². The number of rotatable bonds is 1. The number of hydrogen-bond acceptors (Lipinski definition) is 4. The first-order valence-corrected chi connectivity index (χ1v) is 5.64. The molecule has 1 saturated heterocycles. The normalized spacial score (nSPS) is 20.0. The van der Waals surface area contributed by atoms with Crippen molar-refractivity contribution in [1.29, 1.82) is 0 Å². The summed E-state index contributed by atoms with van der Waals surface area (Å²) in [6.07, 6.45) is -0.0957. The van der Waals surface area contributed by atoms with E-state index in [1.165, 1.54) is 7.11 Å². The van der Waals surface area contributed by atoms with Gasteiger partial charge >= 0.3 is 12.2 Å². The van der Waals surface area contributed by atoms with Crippen molar-refractivity contribution in [3.8, 4) is 0 Å². The molecule has 1 aliphatic rings. The highest BCUT2D eigenvalue weighted by Gasteiger charge is 2.29. The molecule has 1 aliphatic heterocycles. The number of carbonyl (C=O) groups excluding carboxylic acids is 2. The van der Waals surface area contributed by atoms with Gasteiger partial charge in [0.2, 0.25) is 0 Å².